The molecule has 1 unspecified atom stereocenters. The fourth-order valence-electron chi connectivity index (χ4n) is 1.92. The maximum absolute atomic E-state index is 12.2. The third kappa shape index (κ3) is 4.77. The van der Waals surface area contributed by atoms with E-state index in [-0.39, 0.29) is 17.6 Å². The van der Waals surface area contributed by atoms with Crippen LogP contribution in [-0.4, -0.2) is 38.8 Å². The topological polar surface area (TPSA) is 84.2 Å². The highest BCUT2D eigenvalue weighted by Gasteiger charge is 2.23. The van der Waals surface area contributed by atoms with Crippen LogP contribution >= 0.6 is 11.8 Å². The van der Waals surface area contributed by atoms with Crippen LogP contribution in [-0.2, 0) is 9.59 Å². The van der Waals surface area contributed by atoms with Gasteiger partial charge >= 0.3 is 5.97 Å². The number of carboxylic acid groups (broad SMARTS) is 1. The van der Waals surface area contributed by atoms with Crippen molar-refractivity contribution in [2.75, 3.05) is 12.3 Å². The minimum atomic E-state index is -0.899. The van der Waals surface area contributed by atoms with E-state index in [1.54, 1.807) is 6.20 Å². The first kappa shape index (κ1) is 17.6. The van der Waals surface area contributed by atoms with Gasteiger partial charge in [-0.05, 0) is 19.3 Å². The Kier molecular flexibility index (Phi) is 6.74. The Morgan fingerprint density at radius 3 is 2.62 bits per heavy atom. The molecule has 0 aliphatic carbocycles. The lowest BCUT2D eigenvalue weighted by Crippen LogP contribution is -2.32. The zero-order valence-corrected chi connectivity index (χ0v) is 13.7. The van der Waals surface area contributed by atoms with Crippen molar-refractivity contribution in [2.45, 2.75) is 51.2 Å². The number of carbonyl (C=O) groups is 2. The predicted molar refractivity (Wildman–Crippen MR) is 82.7 cm³/mol. The lowest BCUT2D eigenvalue weighted by molar-refractivity contribution is -0.133. The molecule has 2 N–H and O–H groups in total. The Bertz CT molecular complexity index is 500. The third-order valence-corrected chi connectivity index (χ3v) is 3.98. The second-order valence-corrected chi connectivity index (χ2v) is 6.08. The first-order valence-corrected chi connectivity index (χ1v) is 8.06. The molecule has 0 aliphatic heterocycles. The molecule has 1 heterocycles. The molecule has 118 valence electrons. The van der Waals surface area contributed by atoms with Crippen molar-refractivity contribution in [1.29, 1.82) is 0 Å². The fraction of sp³-hybridized carbons (Fsp3) is 0.643. The molecule has 1 amide bonds. The lowest BCUT2D eigenvalue weighted by atomic mass is 10.1. The van der Waals surface area contributed by atoms with E-state index < -0.39 is 12.0 Å². The molecule has 1 aromatic rings. The molecule has 6 nitrogen and oxygen atoms in total. The average molecular weight is 313 g/mol. The summed E-state index contributed by atoms with van der Waals surface area (Å²) >= 11 is 1.14. The molecule has 7 heteroatoms. The van der Waals surface area contributed by atoms with E-state index in [1.807, 2.05) is 32.3 Å². The largest absolute Gasteiger partial charge is 0.481 e. The lowest BCUT2D eigenvalue weighted by Gasteiger charge is -2.20. The molecule has 0 saturated heterocycles. The SMILES string of the molecule is CCCNC(=O)C(C)n1c(C(C)C)cnc1SCC(=O)O. The molecule has 21 heavy (non-hydrogen) atoms. The zero-order chi connectivity index (χ0) is 16.0. The quantitative estimate of drug-likeness (QED) is 0.719. The van der Waals surface area contributed by atoms with Crippen molar-refractivity contribution in [2.24, 2.45) is 0 Å². The van der Waals surface area contributed by atoms with Crippen molar-refractivity contribution >= 4 is 23.6 Å². The number of imidazole rings is 1. The first-order valence-electron chi connectivity index (χ1n) is 7.07. The Morgan fingerprint density at radius 2 is 2.10 bits per heavy atom. The Morgan fingerprint density at radius 1 is 1.43 bits per heavy atom. The van der Waals surface area contributed by atoms with Crippen molar-refractivity contribution in [1.82, 2.24) is 14.9 Å². The van der Waals surface area contributed by atoms with E-state index in [4.69, 9.17) is 5.11 Å². The van der Waals surface area contributed by atoms with Crippen LogP contribution in [0, 0.1) is 0 Å². The number of nitrogens with zero attached hydrogens (tertiary/aromatic N) is 2. The summed E-state index contributed by atoms with van der Waals surface area (Å²) in [7, 11) is 0. The number of rotatable bonds is 8. The normalized spacial score (nSPS) is 12.4. The van der Waals surface area contributed by atoms with Crippen LogP contribution in [0.4, 0.5) is 0 Å². The number of carboxylic acids is 1. The number of aromatic nitrogens is 2. The van der Waals surface area contributed by atoms with Crippen LogP contribution in [0.2, 0.25) is 0 Å². The molecule has 1 atom stereocenters. The highest BCUT2D eigenvalue weighted by atomic mass is 32.2. The van der Waals surface area contributed by atoms with Gasteiger partial charge in [0.15, 0.2) is 5.16 Å². The highest BCUT2D eigenvalue weighted by Crippen LogP contribution is 2.27. The molecule has 0 spiro atoms. The second kappa shape index (κ2) is 8.07. The fourth-order valence-corrected chi connectivity index (χ4v) is 2.70. The van der Waals surface area contributed by atoms with E-state index in [0.29, 0.717) is 11.7 Å². The zero-order valence-electron chi connectivity index (χ0n) is 12.9. The van der Waals surface area contributed by atoms with Crippen LogP contribution in [0.3, 0.4) is 0 Å². The summed E-state index contributed by atoms with van der Waals surface area (Å²) < 4.78 is 1.84. The van der Waals surface area contributed by atoms with E-state index >= 15 is 0 Å². The Hall–Kier alpha value is -1.50. The molecular weight excluding hydrogens is 290 g/mol. The van der Waals surface area contributed by atoms with Crippen molar-refractivity contribution in [3.8, 4) is 0 Å². The van der Waals surface area contributed by atoms with Crippen LogP contribution in [0.25, 0.3) is 0 Å². The van der Waals surface area contributed by atoms with E-state index in [2.05, 4.69) is 10.3 Å². The van der Waals surface area contributed by atoms with E-state index in [9.17, 15) is 9.59 Å². The summed E-state index contributed by atoms with van der Waals surface area (Å²) in [5, 5.41) is 12.2. The summed E-state index contributed by atoms with van der Waals surface area (Å²) in [5.41, 5.74) is 0.932. The molecule has 1 aromatic heterocycles. The van der Waals surface area contributed by atoms with E-state index in [1.165, 1.54) is 0 Å². The van der Waals surface area contributed by atoms with Crippen LogP contribution in [0.1, 0.15) is 51.8 Å². The first-order chi connectivity index (χ1) is 9.88. The Balaban J connectivity index is 3.02. The highest BCUT2D eigenvalue weighted by molar-refractivity contribution is 7.99. The van der Waals surface area contributed by atoms with Gasteiger partial charge in [-0.2, -0.15) is 0 Å². The van der Waals surface area contributed by atoms with Crippen LogP contribution in [0.5, 0.6) is 0 Å². The van der Waals surface area contributed by atoms with Gasteiger partial charge in [-0.3, -0.25) is 9.59 Å². The van der Waals surface area contributed by atoms with Crippen molar-refractivity contribution in [3.05, 3.63) is 11.9 Å². The maximum atomic E-state index is 12.2. The number of hydrogen-bond donors (Lipinski definition) is 2. The van der Waals surface area contributed by atoms with Gasteiger partial charge in [0.25, 0.3) is 0 Å². The number of thioether (sulfide) groups is 1. The molecule has 0 fully saturated rings. The molecular formula is C14H23N3O3S. The maximum Gasteiger partial charge on any atom is 0.313 e. The number of amides is 1. The van der Waals surface area contributed by atoms with Crippen LogP contribution in [0.15, 0.2) is 11.4 Å². The van der Waals surface area contributed by atoms with Gasteiger partial charge in [-0.1, -0.05) is 32.5 Å². The summed E-state index contributed by atoms with van der Waals surface area (Å²) in [4.78, 5) is 27.2. The third-order valence-electron chi connectivity index (χ3n) is 3.02. The van der Waals surface area contributed by atoms with Gasteiger partial charge in [0.05, 0.1) is 5.75 Å². The summed E-state index contributed by atoms with van der Waals surface area (Å²) in [6.45, 7) is 8.48. The van der Waals surface area contributed by atoms with Gasteiger partial charge < -0.3 is 15.0 Å². The summed E-state index contributed by atoms with van der Waals surface area (Å²) in [6, 6.07) is -0.409. The smallest absolute Gasteiger partial charge is 0.313 e. The minimum absolute atomic E-state index is 0.0716. The molecule has 0 aliphatic rings. The number of carbonyl (C=O) groups excluding carboxylic acids is 1. The van der Waals surface area contributed by atoms with Gasteiger partial charge in [0, 0.05) is 18.4 Å². The summed E-state index contributed by atoms with van der Waals surface area (Å²) in [6.07, 6.45) is 2.60. The standard InChI is InChI=1S/C14H23N3O3S/c1-5-6-15-13(20)10(4)17-11(9(2)3)7-16-14(17)21-8-12(18)19/h7,9-10H,5-6,8H2,1-4H3,(H,15,20)(H,18,19). The molecule has 0 bridgehead atoms. The van der Waals surface area contributed by atoms with Gasteiger partial charge in [0.1, 0.15) is 6.04 Å². The second-order valence-electron chi connectivity index (χ2n) is 5.14. The summed E-state index contributed by atoms with van der Waals surface area (Å²) in [5.74, 6) is -0.839. The van der Waals surface area contributed by atoms with Gasteiger partial charge in [-0.25, -0.2) is 4.98 Å². The van der Waals surface area contributed by atoms with Crippen LogP contribution < -0.4 is 5.32 Å². The van der Waals surface area contributed by atoms with Gasteiger partial charge in [-0.15, -0.1) is 0 Å². The van der Waals surface area contributed by atoms with Crippen molar-refractivity contribution < 1.29 is 14.7 Å². The molecule has 0 aromatic carbocycles. The number of aliphatic carboxylic acids is 1. The minimum Gasteiger partial charge on any atom is -0.481 e. The average Bonchev–Trinajstić information content (AvgIpc) is 2.85. The molecule has 1 rings (SSSR count). The predicted octanol–water partition coefficient (Wildman–Crippen LogP) is 2.27. The monoisotopic (exact) mass is 313 g/mol. The number of hydrogen-bond acceptors (Lipinski definition) is 4. The van der Waals surface area contributed by atoms with E-state index in [0.717, 1.165) is 23.9 Å². The van der Waals surface area contributed by atoms with Crippen molar-refractivity contribution in [3.63, 3.8) is 0 Å². The van der Waals surface area contributed by atoms with Gasteiger partial charge in [0.2, 0.25) is 5.91 Å². The molecule has 0 radical (unpaired) electrons. The number of nitrogens with one attached hydrogen (secondary N) is 1. The Labute approximate surface area is 129 Å². The molecule has 0 saturated carbocycles.